The van der Waals surface area contributed by atoms with Gasteiger partial charge in [-0.2, -0.15) is 0 Å². The molecule has 0 aliphatic heterocycles. The van der Waals surface area contributed by atoms with Crippen molar-refractivity contribution >= 4 is 21.9 Å². The number of carboxylic acid groups (broad SMARTS) is 1. The molecule has 2 nitrogen and oxygen atoms in total. The van der Waals surface area contributed by atoms with Gasteiger partial charge in [0.1, 0.15) is 0 Å². The van der Waals surface area contributed by atoms with Crippen molar-refractivity contribution in [2.45, 2.75) is 27.7 Å². The van der Waals surface area contributed by atoms with Crippen LogP contribution in [0.3, 0.4) is 0 Å². The Balaban J connectivity index is 0. The molecule has 0 spiro atoms. The highest BCUT2D eigenvalue weighted by Gasteiger charge is 1.99. The quantitative estimate of drug-likeness (QED) is 0.822. The highest BCUT2D eigenvalue weighted by Crippen LogP contribution is 2.10. The summed E-state index contributed by atoms with van der Waals surface area (Å²) in [5, 5.41) is 8.49. The van der Waals surface area contributed by atoms with Crippen LogP contribution in [0.5, 0.6) is 0 Å². The fraction of sp³-hybridized carbons (Fsp3) is 0.364. The van der Waals surface area contributed by atoms with E-state index < -0.39 is 5.97 Å². The molecule has 0 aromatic heterocycles. The number of carboxylic acids is 1. The molecule has 0 heterocycles. The minimum Gasteiger partial charge on any atom is -0.478 e. The van der Waals surface area contributed by atoms with Crippen molar-refractivity contribution in [3.8, 4) is 0 Å². The monoisotopic (exact) mass is 260 g/mol. The SMILES string of the molecule is CC.CC.O=C(O)c1cccc(Br)c1. The van der Waals surface area contributed by atoms with Gasteiger partial charge in [0.25, 0.3) is 0 Å². The van der Waals surface area contributed by atoms with Gasteiger partial charge in [0.2, 0.25) is 0 Å². The Kier molecular flexibility index (Phi) is 11.4. The predicted octanol–water partition coefficient (Wildman–Crippen LogP) is 4.20. The Morgan fingerprint density at radius 3 is 2.00 bits per heavy atom. The number of hydrogen-bond acceptors (Lipinski definition) is 1. The standard InChI is InChI=1S/C7H5BrO2.2C2H6/c8-6-3-1-2-5(4-6)7(9)10;2*1-2/h1-4H,(H,9,10);2*1-2H3. The maximum absolute atomic E-state index is 10.3. The first-order chi connectivity index (χ1) is 6.70. The summed E-state index contributed by atoms with van der Waals surface area (Å²) in [6.45, 7) is 8.00. The zero-order chi connectivity index (χ0) is 11.6. The molecular formula is C11H17BrO2. The highest BCUT2D eigenvalue weighted by atomic mass is 79.9. The summed E-state index contributed by atoms with van der Waals surface area (Å²) < 4.78 is 0.785. The van der Waals surface area contributed by atoms with Crippen LogP contribution in [0, 0.1) is 0 Å². The maximum atomic E-state index is 10.3. The van der Waals surface area contributed by atoms with E-state index in [9.17, 15) is 4.79 Å². The van der Waals surface area contributed by atoms with E-state index in [1.165, 1.54) is 0 Å². The van der Waals surface area contributed by atoms with E-state index >= 15 is 0 Å². The Labute approximate surface area is 94.1 Å². The van der Waals surface area contributed by atoms with Crippen LogP contribution in [0.4, 0.5) is 0 Å². The van der Waals surface area contributed by atoms with Gasteiger partial charge in [0.05, 0.1) is 5.56 Å². The molecular weight excluding hydrogens is 244 g/mol. The minimum absolute atomic E-state index is 0.300. The molecule has 0 aliphatic carbocycles. The Morgan fingerprint density at radius 1 is 1.21 bits per heavy atom. The molecule has 1 rings (SSSR count). The van der Waals surface area contributed by atoms with Crippen LogP contribution >= 0.6 is 15.9 Å². The summed E-state index contributed by atoms with van der Waals surface area (Å²) >= 11 is 3.17. The van der Waals surface area contributed by atoms with E-state index in [4.69, 9.17) is 5.11 Å². The topological polar surface area (TPSA) is 37.3 Å². The van der Waals surface area contributed by atoms with Crippen LogP contribution in [0.2, 0.25) is 0 Å². The van der Waals surface area contributed by atoms with Gasteiger partial charge >= 0.3 is 5.97 Å². The molecule has 0 radical (unpaired) electrons. The van der Waals surface area contributed by atoms with E-state index in [1.807, 2.05) is 27.7 Å². The Hall–Kier alpha value is -0.830. The molecule has 1 N–H and O–H groups in total. The molecule has 0 saturated heterocycles. The normalized spacial score (nSPS) is 7.50. The number of carbonyl (C=O) groups is 1. The van der Waals surface area contributed by atoms with Crippen LogP contribution in [0.25, 0.3) is 0 Å². The van der Waals surface area contributed by atoms with Gasteiger partial charge in [0.15, 0.2) is 0 Å². The second-order valence-corrected chi connectivity index (χ2v) is 2.73. The molecule has 0 bridgehead atoms. The summed E-state index contributed by atoms with van der Waals surface area (Å²) in [5.41, 5.74) is 0.300. The third-order valence-electron chi connectivity index (χ3n) is 1.07. The zero-order valence-electron chi connectivity index (χ0n) is 9.04. The molecule has 1 aromatic carbocycles. The fourth-order valence-corrected chi connectivity index (χ4v) is 1.02. The maximum Gasteiger partial charge on any atom is 0.335 e. The molecule has 14 heavy (non-hydrogen) atoms. The summed E-state index contributed by atoms with van der Waals surface area (Å²) in [4.78, 5) is 10.3. The van der Waals surface area contributed by atoms with Gasteiger partial charge in [-0.25, -0.2) is 4.79 Å². The van der Waals surface area contributed by atoms with Gasteiger partial charge in [-0.05, 0) is 18.2 Å². The molecule has 3 heteroatoms. The molecule has 0 aliphatic rings. The lowest BCUT2D eigenvalue weighted by atomic mass is 10.2. The molecule has 80 valence electrons. The summed E-state index contributed by atoms with van der Waals surface area (Å²) in [5.74, 6) is -0.902. The smallest absolute Gasteiger partial charge is 0.335 e. The summed E-state index contributed by atoms with van der Waals surface area (Å²) in [6, 6.07) is 6.58. The second-order valence-electron chi connectivity index (χ2n) is 1.82. The number of benzene rings is 1. The Morgan fingerprint density at radius 2 is 1.71 bits per heavy atom. The van der Waals surface area contributed by atoms with Crippen molar-refractivity contribution in [2.24, 2.45) is 0 Å². The van der Waals surface area contributed by atoms with Crippen molar-refractivity contribution < 1.29 is 9.90 Å². The molecule has 0 amide bonds. The van der Waals surface area contributed by atoms with Crippen LogP contribution in [-0.2, 0) is 0 Å². The van der Waals surface area contributed by atoms with E-state index in [2.05, 4.69) is 15.9 Å². The molecule has 0 fully saturated rings. The first kappa shape index (κ1) is 15.6. The molecule has 0 saturated carbocycles. The first-order valence-corrected chi connectivity index (χ1v) is 5.48. The van der Waals surface area contributed by atoms with Crippen LogP contribution in [0.15, 0.2) is 28.7 Å². The van der Waals surface area contributed by atoms with Crippen LogP contribution < -0.4 is 0 Å². The summed E-state index contributed by atoms with van der Waals surface area (Å²) in [6.07, 6.45) is 0. The molecule has 0 atom stereocenters. The van der Waals surface area contributed by atoms with Gasteiger partial charge in [0, 0.05) is 4.47 Å². The predicted molar refractivity (Wildman–Crippen MR) is 63.8 cm³/mol. The van der Waals surface area contributed by atoms with Crippen molar-refractivity contribution in [1.82, 2.24) is 0 Å². The van der Waals surface area contributed by atoms with Crippen molar-refractivity contribution in [1.29, 1.82) is 0 Å². The number of hydrogen-bond donors (Lipinski definition) is 1. The fourth-order valence-electron chi connectivity index (χ4n) is 0.622. The van der Waals surface area contributed by atoms with E-state index in [-0.39, 0.29) is 0 Å². The van der Waals surface area contributed by atoms with Gasteiger partial charge in [-0.3, -0.25) is 0 Å². The molecule has 1 aromatic rings. The van der Waals surface area contributed by atoms with Gasteiger partial charge < -0.3 is 5.11 Å². The summed E-state index contributed by atoms with van der Waals surface area (Å²) in [7, 11) is 0. The largest absolute Gasteiger partial charge is 0.478 e. The van der Waals surface area contributed by atoms with E-state index in [0.29, 0.717) is 5.56 Å². The van der Waals surface area contributed by atoms with Crippen molar-refractivity contribution in [3.05, 3.63) is 34.3 Å². The second kappa shape index (κ2) is 10.3. The lowest BCUT2D eigenvalue weighted by Crippen LogP contribution is -1.94. The Bertz CT molecular complexity index is 259. The van der Waals surface area contributed by atoms with E-state index in [0.717, 1.165) is 4.47 Å². The number of halogens is 1. The number of aromatic carboxylic acids is 1. The van der Waals surface area contributed by atoms with Gasteiger partial charge in [-0.1, -0.05) is 49.7 Å². The van der Waals surface area contributed by atoms with Crippen LogP contribution in [-0.4, -0.2) is 11.1 Å². The van der Waals surface area contributed by atoms with Crippen molar-refractivity contribution in [3.63, 3.8) is 0 Å². The third kappa shape index (κ3) is 6.66. The van der Waals surface area contributed by atoms with Gasteiger partial charge in [-0.15, -0.1) is 0 Å². The third-order valence-corrected chi connectivity index (χ3v) is 1.56. The number of rotatable bonds is 1. The van der Waals surface area contributed by atoms with Crippen LogP contribution in [0.1, 0.15) is 38.1 Å². The highest BCUT2D eigenvalue weighted by molar-refractivity contribution is 9.10. The van der Waals surface area contributed by atoms with Crippen molar-refractivity contribution in [2.75, 3.05) is 0 Å². The van der Waals surface area contributed by atoms with E-state index in [1.54, 1.807) is 24.3 Å². The lowest BCUT2D eigenvalue weighted by molar-refractivity contribution is 0.0697. The average molecular weight is 261 g/mol. The zero-order valence-corrected chi connectivity index (χ0v) is 10.6. The lowest BCUT2D eigenvalue weighted by Gasteiger charge is -1.92. The average Bonchev–Trinajstić information content (AvgIpc) is 2.24. The molecule has 0 unspecified atom stereocenters. The first-order valence-electron chi connectivity index (χ1n) is 4.69. The minimum atomic E-state index is -0.902.